The first-order chi connectivity index (χ1) is 15.1. The fraction of sp³-hybridized carbons (Fsp3) is 0.286. The largest absolute Gasteiger partial charge is 0.465 e. The number of pyridine rings is 2. The lowest BCUT2D eigenvalue weighted by Crippen LogP contribution is -2.48. The Morgan fingerprint density at radius 1 is 1.22 bits per heavy atom. The smallest absolute Gasteiger partial charge is 0.407 e. The van der Waals surface area contributed by atoms with E-state index >= 15 is 0 Å². The van der Waals surface area contributed by atoms with Crippen molar-refractivity contribution in [2.75, 3.05) is 18.4 Å². The summed E-state index contributed by atoms with van der Waals surface area (Å²) in [7, 11) is 0. The Labute approximate surface area is 194 Å². The second-order valence-corrected chi connectivity index (χ2v) is 9.25. The van der Waals surface area contributed by atoms with E-state index < -0.39 is 11.6 Å². The van der Waals surface area contributed by atoms with Gasteiger partial charge in [0, 0.05) is 49.0 Å². The van der Waals surface area contributed by atoms with Crippen molar-refractivity contribution in [3.8, 4) is 10.4 Å². The van der Waals surface area contributed by atoms with Crippen LogP contribution in [-0.4, -0.2) is 55.6 Å². The van der Waals surface area contributed by atoms with Gasteiger partial charge in [0.2, 0.25) is 0 Å². The molecule has 0 aliphatic rings. The summed E-state index contributed by atoms with van der Waals surface area (Å²) in [5, 5.41) is 16.3. The van der Waals surface area contributed by atoms with Crippen LogP contribution in [0.3, 0.4) is 0 Å². The van der Waals surface area contributed by atoms with Crippen molar-refractivity contribution < 1.29 is 14.7 Å². The van der Waals surface area contributed by atoms with Crippen molar-refractivity contribution in [2.45, 2.75) is 26.3 Å². The van der Waals surface area contributed by atoms with Crippen molar-refractivity contribution in [1.82, 2.24) is 25.2 Å². The first-order valence-electron chi connectivity index (χ1n) is 9.72. The van der Waals surface area contributed by atoms with Gasteiger partial charge in [-0.1, -0.05) is 22.9 Å². The zero-order valence-electron chi connectivity index (χ0n) is 17.8. The Kier molecular flexibility index (Phi) is 7.26. The molecule has 11 heteroatoms. The molecule has 0 aliphatic carbocycles. The van der Waals surface area contributed by atoms with Crippen LogP contribution in [0.2, 0.25) is 5.02 Å². The van der Waals surface area contributed by atoms with Gasteiger partial charge in [-0.15, -0.1) is 0 Å². The summed E-state index contributed by atoms with van der Waals surface area (Å²) in [6.07, 6.45) is 5.39. The highest BCUT2D eigenvalue weighted by molar-refractivity contribution is 7.18. The van der Waals surface area contributed by atoms with Gasteiger partial charge in [0.15, 0.2) is 10.9 Å². The second kappa shape index (κ2) is 9.92. The van der Waals surface area contributed by atoms with E-state index in [0.717, 1.165) is 10.4 Å². The molecule has 0 spiro atoms. The topological polar surface area (TPSA) is 120 Å². The maximum Gasteiger partial charge on any atom is 0.407 e. The highest BCUT2D eigenvalue weighted by atomic mass is 35.5. The molecule has 0 aliphatic heterocycles. The molecule has 32 heavy (non-hydrogen) atoms. The number of hydrogen-bond donors (Lipinski definition) is 3. The molecule has 0 radical (unpaired) electrons. The Morgan fingerprint density at radius 2 is 2.00 bits per heavy atom. The maximum absolute atomic E-state index is 12.5. The van der Waals surface area contributed by atoms with Crippen molar-refractivity contribution in [3.05, 3.63) is 53.6 Å². The molecule has 0 saturated heterocycles. The minimum absolute atomic E-state index is 0.178. The van der Waals surface area contributed by atoms with E-state index in [-0.39, 0.29) is 19.0 Å². The molecule has 2 amide bonds. The van der Waals surface area contributed by atoms with Crippen molar-refractivity contribution >= 4 is 45.9 Å². The second-order valence-electron chi connectivity index (χ2n) is 7.81. The number of nitrogens with zero attached hydrogens (tertiary/aromatic N) is 4. The third-order valence-corrected chi connectivity index (χ3v) is 5.70. The third kappa shape index (κ3) is 5.92. The van der Waals surface area contributed by atoms with Crippen LogP contribution in [0.4, 0.5) is 15.7 Å². The molecule has 0 bridgehead atoms. The molecule has 0 atom stereocenters. The molecule has 0 unspecified atom stereocenters. The first-order valence-corrected chi connectivity index (χ1v) is 10.9. The van der Waals surface area contributed by atoms with Gasteiger partial charge in [-0.3, -0.25) is 9.78 Å². The number of amides is 2. The molecular weight excluding hydrogens is 452 g/mol. The lowest BCUT2D eigenvalue weighted by Gasteiger charge is -2.33. The van der Waals surface area contributed by atoms with E-state index in [4.69, 9.17) is 11.6 Å². The molecular formula is C21H23ClN6O3S. The van der Waals surface area contributed by atoms with Gasteiger partial charge in [0.1, 0.15) is 0 Å². The van der Waals surface area contributed by atoms with Crippen LogP contribution in [0.1, 0.15) is 31.1 Å². The summed E-state index contributed by atoms with van der Waals surface area (Å²) >= 11 is 7.49. The Bertz CT molecular complexity index is 1110. The highest BCUT2D eigenvalue weighted by Gasteiger charge is 2.25. The van der Waals surface area contributed by atoms with E-state index in [1.807, 2.05) is 0 Å². The number of nitrogens with one attached hydrogen (secondary N) is 2. The minimum atomic E-state index is -1.03. The van der Waals surface area contributed by atoms with Crippen LogP contribution in [0, 0.1) is 0 Å². The summed E-state index contributed by atoms with van der Waals surface area (Å²) in [6, 6.07) is 5.19. The van der Waals surface area contributed by atoms with Gasteiger partial charge in [-0.2, -0.15) is 0 Å². The van der Waals surface area contributed by atoms with Gasteiger partial charge in [0.05, 0.1) is 15.5 Å². The lowest BCUT2D eigenvalue weighted by molar-refractivity contribution is 0.0892. The Balaban J connectivity index is 1.65. The third-order valence-electron chi connectivity index (χ3n) is 4.44. The summed E-state index contributed by atoms with van der Waals surface area (Å²) in [5.74, 6) is 0.175. The van der Waals surface area contributed by atoms with E-state index in [9.17, 15) is 14.7 Å². The molecule has 0 fully saturated rings. The number of halogens is 1. The number of hydrogen-bond acceptors (Lipinski definition) is 7. The molecule has 0 aromatic carbocycles. The van der Waals surface area contributed by atoms with Crippen LogP contribution in [-0.2, 0) is 0 Å². The molecule has 168 valence electrons. The molecule has 3 N–H and O–H groups in total. The molecule has 3 aromatic heterocycles. The maximum atomic E-state index is 12.5. The number of carbonyl (C=O) groups is 2. The van der Waals surface area contributed by atoms with Crippen LogP contribution >= 0.6 is 22.9 Å². The molecule has 0 saturated carbocycles. The van der Waals surface area contributed by atoms with Crippen molar-refractivity contribution in [2.24, 2.45) is 0 Å². The van der Waals surface area contributed by atoms with E-state index in [0.29, 0.717) is 21.5 Å². The number of aromatic nitrogens is 3. The molecule has 3 rings (SSSR count). The van der Waals surface area contributed by atoms with Crippen molar-refractivity contribution in [1.29, 1.82) is 0 Å². The lowest BCUT2D eigenvalue weighted by atomic mass is 10.1. The number of thiazole rings is 1. The monoisotopic (exact) mass is 474 g/mol. The van der Waals surface area contributed by atoms with Gasteiger partial charge >= 0.3 is 6.09 Å². The highest BCUT2D eigenvalue weighted by Crippen LogP contribution is 2.31. The van der Waals surface area contributed by atoms with Gasteiger partial charge in [0.25, 0.3) is 5.91 Å². The quantitative estimate of drug-likeness (QED) is 0.460. The number of carbonyl (C=O) groups excluding carboxylic acids is 1. The summed E-state index contributed by atoms with van der Waals surface area (Å²) < 4.78 is 0. The predicted molar refractivity (Wildman–Crippen MR) is 125 cm³/mol. The fourth-order valence-corrected chi connectivity index (χ4v) is 3.81. The first kappa shape index (κ1) is 23.4. The van der Waals surface area contributed by atoms with E-state index in [1.165, 1.54) is 22.4 Å². The standard InChI is InChI=1S/C21H23ClN6O3S/c1-21(2,3)28(20(30)31)8-7-25-18(29)14-9-13(10-23-11-14)16-12-26-19(32-16)27-17-15(22)5-4-6-24-17/h4-6,9-12H,7-8H2,1-3H3,(H,25,29)(H,30,31)(H,24,26,27). The molecule has 3 aromatic rings. The summed E-state index contributed by atoms with van der Waals surface area (Å²) in [4.78, 5) is 38.7. The van der Waals surface area contributed by atoms with E-state index in [2.05, 4.69) is 25.6 Å². The average Bonchev–Trinajstić information content (AvgIpc) is 3.20. The van der Waals surface area contributed by atoms with Crippen LogP contribution in [0.15, 0.2) is 43.0 Å². The van der Waals surface area contributed by atoms with Crippen LogP contribution in [0.5, 0.6) is 0 Å². The van der Waals surface area contributed by atoms with Crippen LogP contribution < -0.4 is 10.6 Å². The zero-order valence-corrected chi connectivity index (χ0v) is 19.4. The Morgan fingerprint density at radius 3 is 2.69 bits per heavy atom. The van der Waals surface area contributed by atoms with Gasteiger partial charge in [-0.25, -0.2) is 14.8 Å². The van der Waals surface area contributed by atoms with Crippen LogP contribution in [0.25, 0.3) is 10.4 Å². The predicted octanol–water partition coefficient (Wildman–Crippen LogP) is 4.51. The SMILES string of the molecule is CC(C)(C)N(CCNC(=O)c1cncc(-c2cnc(Nc3ncccc3Cl)s2)c1)C(=O)O. The number of anilines is 2. The minimum Gasteiger partial charge on any atom is -0.465 e. The summed E-state index contributed by atoms with van der Waals surface area (Å²) in [6.45, 7) is 5.77. The van der Waals surface area contributed by atoms with Gasteiger partial charge < -0.3 is 20.6 Å². The average molecular weight is 475 g/mol. The fourth-order valence-electron chi connectivity index (χ4n) is 2.84. The van der Waals surface area contributed by atoms with E-state index in [1.54, 1.807) is 57.6 Å². The normalized spacial score (nSPS) is 11.1. The number of carboxylic acid groups (broad SMARTS) is 1. The van der Waals surface area contributed by atoms with Crippen molar-refractivity contribution in [3.63, 3.8) is 0 Å². The zero-order chi connectivity index (χ0) is 23.3. The Hall–Kier alpha value is -3.24. The van der Waals surface area contributed by atoms with Gasteiger partial charge in [-0.05, 0) is 39.0 Å². The molecule has 9 nitrogen and oxygen atoms in total. The molecule has 3 heterocycles. The number of rotatable bonds is 7. The summed E-state index contributed by atoms with van der Waals surface area (Å²) in [5.41, 5.74) is 0.545.